The Labute approximate surface area is 140 Å². The Morgan fingerprint density at radius 1 is 1.42 bits per heavy atom. The zero-order chi connectivity index (χ0) is 16.9. The number of aryl methyl sites for hydroxylation is 1. The van der Waals surface area contributed by atoms with Gasteiger partial charge in [-0.15, -0.1) is 0 Å². The number of ether oxygens (including phenoxy) is 2. The van der Waals surface area contributed by atoms with Crippen molar-refractivity contribution in [1.29, 1.82) is 5.26 Å². The third kappa shape index (κ3) is 4.10. The second-order valence-electron chi connectivity index (χ2n) is 5.86. The first kappa shape index (κ1) is 16.4. The Hall–Kier alpha value is -2.43. The number of nitrogens with zero attached hydrogens (tertiary/aromatic N) is 4. The van der Waals surface area contributed by atoms with Crippen molar-refractivity contribution in [2.24, 2.45) is 0 Å². The van der Waals surface area contributed by atoms with Crippen molar-refractivity contribution in [3.8, 4) is 11.8 Å². The van der Waals surface area contributed by atoms with Crippen LogP contribution < -0.4 is 4.74 Å². The highest BCUT2D eigenvalue weighted by Gasteiger charge is 2.30. The Morgan fingerprint density at radius 2 is 2.29 bits per heavy atom. The maximum atomic E-state index is 8.91. The van der Waals surface area contributed by atoms with Crippen LogP contribution in [0.25, 0.3) is 0 Å². The molecule has 24 heavy (non-hydrogen) atoms. The predicted octanol–water partition coefficient (Wildman–Crippen LogP) is 2.09. The van der Waals surface area contributed by atoms with Gasteiger partial charge in [0.15, 0.2) is 5.82 Å². The van der Waals surface area contributed by atoms with Crippen molar-refractivity contribution in [2.45, 2.75) is 26.1 Å². The van der Waals surface area contributed by atoms with E-state index in [-0.39, 0.29) is 12.2 Å². The van der Waals surface area contributed by atoms with Gasteiger partial charge < -0.3 is 14.0 Å². The monoisotopic (exact) mass is 328 g/mol. The van der Waals surface area contributed by atoms with Crippen LogP contribution in [0.3, 0.4) is 0 Å². The highest BCUT2D eigenvalue weighted by atomic mass is 16.5. The molecule has 2 heterocycles. The molecule has 0 spiro atoms. The third-order valence-corrected chi connectivity index (χ3v) is 3.79. The minimum Gasteiger partial charge on any atom is -0.492 e. The highest BCUT2D eigenvalue weighted by Crippen LogP contribution is 2.23. The molecule has 0 bridgehead atoms. The largest absolute Gasteiger partial charge is 0.492 e. The Balaban J connectivity index is 1.53. The molecular formula is C17H20N4O3. The summed E-state index contributed by atoms with van der Waals surface area (Å²) in [5.74, 6) is 1.84. The molecule has 0 N–H and O–H groups in total. The summed E-state index contributed by atoms with van der Waals surface area (Å²) in [5.41, 5.74) is 0.597. The quantitative estimate of drug-likeness (QED) is 0.831. The standard InChI is InChI=1S/C17H20N4O3/c1-12-10-21(11-16(23-12)17-19-13(2)20-24-17)6-7-22-15-5-3-4-14(8-15)9-18/h3-5,8,12,16H,6-7,10-11H2,1-2H3/t12-,16-/m1/s1. The lowest BCUT2D eigenvalue weighted by molar-refractivity contribution is -0.0923. The second kappa shape index (κ2) is 7.43. The van der Waals surface area contributed by atoms with E-state index in [1.165, 1.54) is 0 Å². The van der Waals surface area contributed by atoms with Gasteiger partial charge in [-0.25, -0.2) is 0 Å². The molecule has 7 nitrogen and oxygen atoms in total. The summed E-state index contributed by atoms with van der Waals surface area (Å²) in [6.45, 7) is 6.63. The maximum absolute atomic E-state index is 8.91. The molecule has 2 aromatic rings. The lowest BCUT2D eigenvalue weighted by atomic mass is 10.2. The van der Waals surface area contributed by atoms with Gasteiger partial charge in [-0.1, -0.05) is 11.2 Å². The number of nitriles is 1. The molecule has 1 aromatic carbocycles. The number of aromatic nitrogens is 2. The average molecular weight is 328 g/mol. The molecule has 0 radical (unpaired) electrons. The molecule has 7 heteroatoms. The topological polar surface area (TPSA) is 84.4 Å². The molecule has 1 aromatic heterocycles. The average Bonchev–Trinajstić information content (AvgIpc) is 3.01. The normalized spacial score (nSPS) is 21.4. The molecule has 1 aliphatic rings. The van der Waals surface area contributed by atoms with Gasteiger partial charge in [-0.2, -0.15) is 10.2 Å². The van der Waals surface area contributed by atoms with Crippen molar-refractivity contribution in [3.05, 3.63) is 41.5 Å². The fourth-order valence-corrected chi connectivity index (χ4v) is 2.75. The van der Waals surface area contributed by atoms with Gasteiger partial charge in [0.2, 0.25) is 0 Å². The number of hydrogen-bond donors (Lipinski definition) is 0. The smallest absolute Gasteiger partial charge is 0.257 e. The first-order valence-electron chi connectivity index (χ1n) is 7.95. The molecule has 3 rings (SSSR count). The van der Waals surface area contributed by atoms with Gasteiger partial charge in [0.05, 0.1) is 17.7 Å². The molecule has 1 aliphatic heterocycles. The predicted molar refractivity (Wildman–Crippen MR) is 85.4 cm³/mol. The minimum atomic E-state index is -0.211. The van der Waals surface area contributed by atoms with Crippen LogP contribution in [-0.2, 0) is 4.74 Å². The van der Waals surface area contributed by atoms with E-state index < -0.39 is 0 Å². The molecule has 1 saturated heterocycles. The molecular weight excluding hydrogens is 308 g/mol. The van der Waals surface area contributed by atoms with Gasteiger partial charge in [-0.05, 0) is 32.0 Å². The van der Waals surface area contributed by atoms with Crippen LogP contribution in [0.5, 0.6) is 5.75 Å². The summed E-state index contributed by atoms with van der Waals surface area (Å²) < 4.78 is 16.9. The van der Waals surface area contributed by atoms with Crippen LogP contribution in [0.15, 0.2) is 28.8 Å². The van der Waals surface area contributed by atoms with E-state index in [0.717, 1.165) is 13.1 Å². The first-order chi connectivity index (χ1) is 11.6. The van der Waals surface area contributed by atoms with Crippen LogP contribution in [0, 0.1) is 18.3 Å². The maximum Gasteiger partial charge on any atom is 0.257 e. The van der Waals surface area contributed by atoms with Gasteiger partial charge >= 0.3 is 0 Å². The lowest BCUT2D eigenvalue weighted by Gasteiger charge is -2.35. The number of hydrogen-bond acceptors (Lipinski definition) is 7. The molecule has 126 valence electrons. The van der Waals surface area contributed by atoms with E-state index in [1.54, 1.807) is 19.1 Å². The summed E-state index contributed by atoms with van der Waals surface area (Å²) in [6.07, 6.45) is -0.130. The van der Waals surface area contributed by atoms with E-state index in [4.69, 9.17) is 19.3 Å². The van der Waals surface area contributed by atoms with Crippen LogP contribution >= 0.6 is 0 Å². The fourth-order valence-electron chi connectivity index (χ4n) is 2.75. The van der Waals surface area contributed by atoms with Crippen LogP contribution in [-0.4, -0.2) is 47.4 Å². The molecule has 0 saturated carbocycles. The van der Waals surface area contributed by atoms with E-state index in [9.17, 15) is 0 Å². The number of benzene rings is 1. The van der Waals surface area contributed by atoms with Gasteiger partial charge in [0.1, 0.15) is 18.5 Å². The van der Waals surface area contributed by atoms with Crippen LogP contribution in [0.4, 0.5) is 0 Å². The summed E-state index contributed by atoms with van der Waals surface area (Å²) >= 11 is 0. The van der Waals surface area contributed by atoms with Crippen LogP contribution in [0.1, 0.15) is 30.3 Å². The van der Waals surface area contributed by atoms with Crippen molar-refractivity contribution in [2.75, 3.05) is 26.2 Å². The second-order valence-corrected chi connectivity index (χ2v) is 5.86. The number of rotatable bonds is 5. The first-order valence-corrected chi connectivity index (χ1v) is 7.95. The number of morpholine rings is 1. The van der Waals surface area contributed by atoms with Gasteiger partial charge in [-0.3, -0.25) is 4.90 Å². The van der Waals surface area contributed by atoms with E-state index in [0.29, 0.717) is 36.2 Å². The molecule has 0 amide bonds. The summed E-state index contributed by atoms with van der Waals surface area (Å²) in [6, 6.07) is 9.28. The van der Waals surface area contributed by atoms with Gasteiger partial charge in [0, 0.05) is 19.6 Å². The molecule has 0 unspecified atom stereocenters. The van der Waals surface area contributed by atoms with Crippen molar-refractivity contribution in [3.63, 3.8) is 0 Å². The Bertz CT molecular complexity index is 725. The van der Waals surface area contributed by atoms with E-state index in [1.807, 2.05) is 19.1 Å². The van der Waals surface area contributed by atoms with E-state index in [2.05, 4.69) is 21.1 Å². The zero-order valence-electron chi connectivity index (χ0n) is 13.8. The van der Waals surface area contributed by atoms with Crippen molar-refractivity contribution < 1.29 is 14.0 Å². The zero-order valence-corrected chi connectivity index (χ0v) is 13.8. The van der Waals surface area contributed by atoms with Crippen molar-refractivity contribution in [1.82, 2.24) is 15.0 Å². The minimum absolute atomic E-state index is 0.0814. The van der Waals surface area contributed by atoms with Gasteiger partial charge in [0.25, 0.3) is 5.89 Å². The van der Waals surface area contributed by atoms with E-state index >= 15 is 0 Å². The van der Waals surface area contributed by atoms with Crippen LogP contribution in [0.2, 0.25) is 0 Å². The Kier molecular flexibility index (Phi) is 5.08. The van der Waals surface area contributed by atoms with Crippen molar-refractivity contribution >= 4 is 0 Å². The summed E-state index contributed by atoms with van der Waals surface area (Å²) in [5, 5.41) is 12.7. The molecule has 2 atom stereocenters. The third-order valence-electron chi connectivity index (χ3n) is 3.79. The summed E-state index contributed by atoms with van der Waals surface area (Å²) in [7, 11) is 0. The Morgan fingerprint density at radius 3 is 3.04 bits per heavy atom. The fraction of sp³-hybridized carbons (Fsp3) is 0.471. The molecule has 0 aliphatic carbocycles. The summed E-state index contributed by atoms with van der Waals surface area (Å²) in [4.78, 5) is 6.52. The lowest BCUT2D eigenvalue weighted by Crippen LogP contribution is -2.44. The highest BCUT2D eigenvalue weighted by molar-refractivity contribution is 5.36. The SMILES string of the molecule is Cc1noc([C@H]2CN(CCOc3cccc(C#N)c3)C[C@@H](C)O2)n1. The molecule has 1 fully saturated rings.